The van der Waals surface area contributed by atoms with Crippen molar-refractivity contribution in [1.29, 1.82) is 0 Å². The number of aliphatic hydroxyl groups is 1. The smallest absolute Gasteiger partial charge is 0.333 e. The van der Waals surface area contributed by atoms with E-state index >= 15 is 0 Å². The van der Waals surface area contributed by atoms with Crippen molar-refractivity contribution in [3.8, 4) is 0 Å². The van der Waals surface area contributed by atoms with E-state index in [0.717, 1.165) is 17.6 Å². The molecule has 200 valence electrons. The van der Waals surface area contributed by atoms with Crippen molar-refractivity contribution >= 4 is 17.7 Å². The molecule has 2 aliphatic heterocycles. The molecular formula is C30H38O7. The number of ketones is 1. The number of fused-ring (bicyclic) bond motifs is 4. The van der Waals surface area contributed by atoms with Gasteiger partial charge < -0.3 is 19.3 Å². The molecule has 0 aromatic heterocycles. The Labute approximate surface area is 218 Å². The van der Waals surface area contributed by atoms with Gasteiger partial charge in [0.2, 0.25) is 0 Å². The number of epoxide rings is 1. The molecule has 4 aliphatic carbocycles. The third-order valence-electron chi connectivity index (χ3n) is 11.5. The molecule has 1 saturated heterocycles. The summed E-state index contributed by atoms with van der Waals surface area (Å²) in [7, 11) is 0. The van der Waals surface area contributed by atoms with Crippen molar-refractivity contribution in [3.05, 3.63) is 34.9 Å². The summed E-state index contributed by atoms with van der Waals surface area (Å²) in [6.07, 6.45) is 7.60. The number of allylic oxidation sites excluding steroid dienone is 1. The number of hydrogen-bond acceptors (Lipinski definition) is 7. The van der Waals surface area contributed by atoms with Gasteiger partial charge in [-0.05, 0) is 70.4 Å². The van der Waals surface area contributed by atoms with E-state index in [1.165, 1.54) is 6.92 Å². The van der Waals surface area contributed by atoms with Crippen LogP contribution in [0.3, 0.4) is 0 Å². The topological polar surface area (TPSA) is 102 Å². The first kappa shape index (κ1) is 25.1. The van der Waals surface area contributed by atoms with Gasteiger partial charge in [0.05, 0.1) is 11.5 Å². The minimum absolute atomic E-state index is 0.0680. The maximum absolute atomic E-state index is 13.4. The molecule has 3 fully saturated rings. The zero-order valence-corrected chi connectivity index (χ0v) is 22.6. The summed E-state index contributed by atoms with van der Waals surface area (Å²) in [5.74, 6) is -1.24. The number of rotatable bonds is 3. The van der Waals surface area contributed by atoms with Crippen LogP contribution in [0.25, 0.3) is 0 Å². The highest BCUT2D eigenvalue weighted by molar-refractivity contribution is 5.98. The lowest BCUT2D eigenvalue weighted by Gasteiger charge is -2.61. The Morgan fingerprint density at radius 3 is 2.62 bits per heavy atom. The van der Waals surface area contributed by atoms with Gasteiger partial charge in [-0.15, -0.1) is 0 Å². The second kappa shape index (κ2) is 7.66. The standard InChI is InChI=1S/C30H38O7/c1-15-12-22(36-26(33)16(15)2)17(3)20-13-25(35-18(4)31)30(34)21-14-24-29(37-24)10-7-8-23(32)28(29,6)19(21)9-11-27(20,30)5/h7-8,13,17,19,21-22,24-25,34H,9-12,14H2,1-6H3/t17-,19?,21?,22+,24+,25-,27+,28-,29+,30+/m0/s1. The molecular weight excluding hydrogens is 472 g/mol. The Balaban J connectivity index is 1.41. The minimum atomic E-state index is -1.40. The SMILES string of the molecule is CC(=O)O[C@H]1C=C([C@H](C)[C@H]2CC(C)=C(C)C(=O)O2)[C@@]2(C)CCC3C(C[C@H]4O[C@]45CC=CC(=O)[C@]35C)[C@@]12O. The first-order valence-electron chi connectivity index (χ1n) is 13.7. The summed E-state index contributed by atoms with van der Waals surface area (Å²) >= 11 is 0. The highest BCUT2D eigenvalue weighted by Gasteiger charge is 2.80. The maximum Gasteiger partial charge on any atom is 0.333 e. The quantitative estimate of drug-likeness (QED) is 0.348. The second-order valence-corrected chi connectivity index (χ2v) is 12.8. The third kappa shape index (κ3) is 2.93. The summed E-state index contributed by atoms with van der Waals surface area (Å²) in [5.41, 5.74) is -0.673. The molecule has 0 amide bonds. The normalized spacial score (nSPS) is 48.7. The Hall–Kier alpha value is -2.25. The highest BCUT2D eigenvalue weighted by Crippen LogP contribution is 2.73. The molecule has 0 aromatic rings. The van der Waals surface area contributed by atoms with Crippen molar-refractivity contribution in [2.45, 2.75) is 103 Å². The van der Waals surface area contributed by atoms with E-state index in [-0.39, 0.29) is 41.7 Å². The summed E-state index contributed by atoms with van der Waals surface area (Å²) in [6.45, 7) is 11.2. The zero-order chi connectivity index (χ0) is 26.7. The average molecular weight is 511 g/mol. The molecule has 2 saturated carbocycles. The van der Waals surface area contributed by atoms with Crippen LogP contribution >= 0.6 is 0 Å². The fourth-order valence-electron chi connectivity index (χ4n) is 9.06. The molecule has 37 heavy (non-hydrogen) atoms. The largest absolute Gasteiger partial charge is 0.458 e. The van der Waals surface area contributed by atoms with E-state index in [0.29, 0.717) is 31.3 Å². The fourth-order valence-corrected chi connectivity index (χ4v) is 9.06. The number of hydrogen-bond donors (Lipinski definition) is 1. The summed E-state index contributed by atoms with van der Waals surface area (Å²) in [4.78, 5) is 38.2. The van der Waals surface area contributed by atoms with Crippen LogP contribution in [0, 0.1) is 28.6 Å². The van der Waals surface area contributed by atoms with Gasteiger partial charge in [0.1, 0.15) is 23.4 Å². The van der Waals surface area contributed by atoms with Crippen molar-refractivity contribution in [3.63, 3.8) is 0 Å². The van der Waals surface area contributed by atoms with Gasteiger partial charge in [0.25, 0.3) is 0 Å². The van der Waals surface area contributed by atoms with Gasteiger partial charge in [0.15, 0.2) is 5.78 Å². The molecule has 0 radical (unpaired) electrons. The molecule has 0 aromatic carbocycles. The van der Waals surface area contributed by atoms with Gasteiger partial charge in [-0.25, -0.2) is 4.79 Å². The molecule has 6 aliphatic rings. The van der Waals surface area contributed by atoms with Crippen molar-refractivity contribution in [1.82, 2.24) is 0 Å². The number of esters is 2. The molecule has 10 atom stereocenters. The molecule has 1 spiro atoms. The van der Waals surface area contributed by atoms with E-state index in [1.54, 1.807) is 13.0 Å². The Bertz CT molecular complexity index is 1200. The zero-order valence-electron chi connectivity index (χ0n) is 22.6. The Kier molecular flexibility index (Phi) is 5.19. The van der Waals surface area contributed by atoms with Crippen molar-refractivity contribution in [2.24, 2.45) is 28.6 Å². The van der Waals surface area contributed by atoms with Crippen LogP contribution < -0.4 is 0 Å². The molecule has 7 heteroatoms. The Morgan fingerprint density at radius 1 is 1.22 bits per heavy atom. The lowest BCUT2D eigenvalue weighted by Crippen LogP contribution is -2.68. The lowest BCUT2D eigenvalue weighted by molar-refractivity contribution is -0.221. The van der Waals surface area contributed by atoms with Crippen LogP contribution in [0.4, 0.5) is 0 Å². The van der Waals surface area contributed by atoms with Crippen molar-refractivity contribution in [2.75, 3.05) is 0 Å². The number of cyclic esters (lactones) is 1. The van der Waals surface area contributed by atoms with Gasteiger partial charge in [-0.2, -0.15) is 0 Å². The van der Waals surface area contributed by atoms with Gasteiger partial charge in [-0.1, -0.05) is 31.1 Å². The predicted molar refractivity (Wildman–Crippen MR) is 134 cm³/mol. The summed E-state index contributed by atoms with van der Waals surface area (Å²) in [6, 6.07) is 0. The fraction of sp³-hybridized carbons (Fsp3) is 0.700. The Morgan fingerprint density at radius 2 is 1.95 bits per heavy atom. The monoisotopic (exact) mass is 510 g/mol. The summed E-state index contributed by atoms with van der Waals surface area (Å²) in [5, 5.41) is 12.8. The van der Waals surface area contributed by atoms with Gasteiger partial charge in [0, 0.05) is 30.3 Å². The predicted octanol–water partition coefficient (Wildman–Crippen LogP) is 3.99. The van der Waals surface area contributed by atoms with E-state index in [4.69, 9.17) is 14.2 Å². The van der Waals surface area contributed by atoms with Crippen LogP contribution in [-0.2, 0) is 28.6 Å². The van der Waals surface area contributed by atoms with Crippen LogP contribution in [0.2, 0.25) is 0 Å². The van der Waals surface area contributed by atoms with Crippen LogP contribution in [0.5, 0.6) is 0 Å². The first-order chi connectivity index (χ1) is 17.3. The van der Waals surface area contributed by atoms with Gasteiger partial charge in [-0.3, -0.25) is 9.59 Å². The van der Waals surface area contributed by atoms with E-state index in [9.17, 15) is 19.5 Å². The molecule has 2 heterocycles. The first-order valence-corrected chi connectivity index (χ1v) is 13.7. The molecule has 6 rings (SSSR count). The molecule has 0 bridgehead atoms. The number of carbonyl (C=O) groups excluding carboxylic acids is 3. The third-order valence-corrected chi connectivity index (χ3v) is 11.5. The maximum atomic E-state index is 13.4. The van der Waals surface area contributed by atoms with E-state index < -0.39 is 34.1 Å². The lowest BCUT2D eigenvalue weighted by atomic mass is 9.43. The number of carbonyl (C=O) groups is 3. The molecule has 1 N–H and O–H groups in total. The van der Waals surface area contributed by atoms with E-state index in [1.807, 2.05) is 32.9 Å². The minimum Gasteiger partial charge on any atom is -0.458 e. The average Bonchev–Trinajstić information content (AvgIpc) is 3.49. The van der Waals surface area contributed by atoms with Gasteiger partial charge >= 0.3 is 11.9 Å². The van der Waals surface area contributed by atoms with Crippen LogP contribution in [0.15, 0.2) is 34.9 Å². The molecule has 7 nitrogen and oxygen atoms in total. The second-order valence-electron chi connectivity index (χ2n) is 12.8. The van der Waals surface area contributed by atoms with Crippen molar-refractivity contribution < 1.29 is 33.7 Å². The summed E-state index contributed by atoms with van der Waals surface area (Å²) < 4.78 is 18.0. The highest BCUT2D eigenvalue weighted by atomic mass is 16.6. The number of ether oxygens (including phenoxy) is 3. The van der Waals surface area contributed by atoms with Crippen LogP contribution in [0.1, 0.15) is 73.6 Å². The molecule has 2 unspecified atom stereocenters. The van der Waals surface area contributed by atoms with Crippen LogP contribution in [-0.4, -0.2) is 52.3 Å². The van der Waals surface area contributed by atoms with E-state index in [2.05, 4.69) is 6.92 Å².